The van der Waals surface area contributed by atoms with E-state index in [9.17, 15) is 0 Å². The second-order valence-electron chi connectivity index (χ2n) is 18.2. The molecule has 0 aliphatic carbocycles. The maximum absolute atomic E-state index is 4.47. The van der Waals surface area contributed by atoms with Crippen LogP contribution in [0.15, 0.2) is 133 Å². The molecule has 0 N–H and O–H groups in total. The molecule has 0 amide bonds. The van der Waals surface area contributed by atoms with Crippen LogP contribution in [0.3, 0.4) is 0 Å². The number of hydrogen-bond donors (Lipinski definition) is 0. The Bertz CT molecular complexity index is 2100. The molecule has 0 saturated carbocycles. The van der Waals surface area contributed by atoms with Crippen LogP contribution in [-0.2, 0) is 11.1 Å². The molecule has 2 fully saturated rings. The predicted molar refractivity (Wildman–Crippen MR) is 249 cm³/mol. The van der Waals surface area contributed by atoms with Gasteiger partial charge in [0.25, 0.3) is 0 Å². The van der Waals surface area contributed by atoms with Gasteiger partial charge < -0.3 is 0 Å². The van der Waals surface area contributed by atoms with Crippen LogP contribution in [0.25, 0.3) is 12.2 Å². The molecule has 0 bridgehead atoms. The first-order valence-electron chi connectivity index (χ1n) is 22.1. The lowest BCUT2D eigenvalue weighted by Gasteiger charge is -2.39. The minimum Gasteiger partial charge on any atom is -0.297 e. The molecular weight excluding hydrogens is 769 g/mol. The Hall–Kier alpha value is -5.66. The summed E-state index contributed by atoms with van der Waals surface area (Å²) in [6.07, 6.45) is 8.94. The highest BCUT2D eigenvalue weighted by Crippen LogP contribution is 2.32. The van der Waals surface area contributed by atoms with Crippen molar-refractivity contribution in [2.45, 2.75) is 64.7 Å². The fourth-order valence-electron chi connectivity index (χ4n) is 8.21. The summed E-state index contributed by atoms with van der Waals surface area (Å²) in [5, 5.41) is 25.7. The molecule has 2 saturated heterocycles. The number of benzene rings is 4. The van der Waals surface area contributed by atoms with Gasteiger partial charge in [0, 0.05) is 65.4 Å². The first-order valence-corrected chi connectivity index (χ1v) is 22.1. The van der Waals surface area contributed by atoms with E-state index >= 15 is 0 Å². The summed E-state index contributed by atoms with van der Waals surface area (Å²) in [6.45, 7) is 22.8. The predicted octanol–water partition coefficient (Wildman–Crippen LogP) is 7.70. The van der Waals surface area contributed by atoms with Gasteiger partial charge in [0.1, 0.15) is 0 Å². The van der Waals surface area contributed by atoms with Gasteiger partial charge in [-0.1, -0.05) is 146 Å². The number of nitrogens with zero attached hydrogens (tertiary/aromatic N) is 12. The second-order valence-corrected chi connectivity index (χ2v) is 18.2. The maximum atomic E-state index is 4.47. The summed E-state index contributed by atoms with van der Waals surface area (Å²) in [4.78, 5) is 10.0. The number of rotatable bonds is 12. The van der Waals surface area contributed by atoms with E-state index in [0.717, 1.165) is 77.1 Å². The molecule has 324 valence electrons. The molecule has 62 heavy (non-hydrogen) atoms. The standard InChI is InChI=1S/2C25H32N6/c2*1-25(2,3)31-24(26-27-28-31)23(22-14-8-5-9-15-22)30-19-17-29(18-20-30)16-10-13-21-11-6-4-7-12-21/h2*4-15,23H,16-20H2,1-3H3/b2*13-10+/t2*23-/m10/s1. The van der Waals surface area contributed by atoms with Gasteiger partial charge in [0.15, 0.2) is 11.6 Å². The highest BCUT2D eigenvalue weighted by molar-refractivity contribution is 5.49. The highest BCUT2D eigenvalue weighted by atomic mass is 15.6. The van der Waals surface area contributed by atoms with Crippen LogP contribution in [0.4, 0.5) is 0 Å². The maximum Gasteiger partial charge on any atom is 0.173 e. The van der Waals surface area contributed by atoms with E-state index < -0.39 is 0 Å². The third-order valence-corrected chi connectivity index (χ3v) is 11.5. The molecule has 2 aliphatic heterocycles. The lowest BCUT2D eigenvalue weighted by Crippen LogP contribution is -2.48. The van der Waals surface area contributed by atoms with Gasteiger partial charge in [-0.15, -0.1) is 10.2 Å². The van der Waals surface area contributed by atoms with Gasteiger partial charge in [-0.05, 0) is 84.6 Å². The first-order chi connectivity index (χ1) is 30.0. The number of hydrogen-bond acceptors (Lipinski definition) is 10. The van der Waals surface area contributed by atoms with Crippen LogP contribution in [-0.4, -0.2) is 125 Å². The van der Waals surface area contributed by atoms with Crippen molar-refractivity contribution in [1.82, 2.24) is 60.0 Å². The Morgan fingerprint density at radius 3 is 1.10 bits per heavy atom. The third kappa shape index (κ3) is 11.8. The smallest absolute Gasteiger partial charge is 0.173 e. The molecule has 8 rings (SSSR count). The summed E-state index contributed by atoms with van der Waals surface area (Å²) in [6, 6.07) is 42.3. The highest BCUT2D eigenvalue weighted by Gasteiger charge is 2.34. The lowest BCUT2D eigenvalue weighted by molar-refractivity contribution is 0.110. The van der Waals surface area contributed by atoms with Gasteiger partial charge in [-0.3, -0.25) is 19.6 Å². The zero-order valence-electron chi connectivity index (χ0n) is 37.4. The van der Waals surface area contributed by atoms with Gasteiger partial charge >= 0.3 is 0 Å². The van der Waals surface area contributed by atoms with Crippen LogP contribution in [0.5, 0.6) is 0 Å². The quantitative estimate of drug-likeness (QED) is 0.122. The van der Waals surface area contributed by atoms with Crippen molar-refractivity contribution in [2.24, 2.45) is 0 Å². The molecule has 2 aromatic heterocycles. The van der Waals surface area contributed by atoms with E-state index in [1.54, 1.807) is 0 Å². The van der Waals surface area contributed by atoms with Crippen molar-refractivity contribution in [2.75, 3.05) is 65.4 Å². The molecule has 12 nitrogen and oxygen atoms in total. The minimum absolute atomic E-state index is 0.0532. The molecule has 2 aliphatic rings. The Balaban J connectivity index is 0.000000186. The van der Waals surface area contributed by atoms with Gasteiger partial charge in [0.05, 0.1) is 23.2 Å². The van der Waals surface area contributed by atoms with Crippen LogP contribution < -0.4 is 0 Å². The summed E-state index contributed by atoms with van der Waals surface area (Å²) in [7, 11) is 0. The molecule has 4 aromatic carbocycles. The van der Waals surface area contributed by atoms with Crippen LogP contribution in [0.1, 0.15) is 87.5 Å². The van der Waals surface area contributed by atoms with Crippen molar-refractivity contribution >= 4 is 12.2 Å². The van der Waals surface area contributed by atoms with E-state index in [1.807, 2.05) is 9.36 Å². The molecule has 0 radical (unpaired) electrons. The van der Waals surface area contributed by atoms with Crippen molar-refractivity contribution < 1.29 is 0 Å². The zero-order valence-corrected chi connectivity index (χ0v) is 37.4. The molecule has 12 heteroatoms. The number of piperazine rings is 2. The van der Waals surface area contributed by atoms with E-state index in [2.05, 4.69) is 238 Å². The van der Waals surface area contributed by atoms with Gasteiger partial charge in [0.2, 0.25) is 0 Å². The minimum atomic E-state index is -0.171. The van der Waals surface area contributed by atoms with Crippen molar-refractivity contribution in [3.05, 3.63) is 167 Å². The van der Waals surface area contributed by atoms with Crippen LogP contribution in [0.2, 0.25) is 0 Å². The van der Waals surface area contributed by atoms with Crippen LogP contribution in [0, 0.1) is 0 Å². The fraction of sp³-hybridized carbons (Fsp3) is 0.400. The molecule has 2 atom stereocenters. The third-order valence-electron chi connectivity index (χ3n) is 11.5. The Morgan fingerprint density at radius 1 is 0.452 bits per heavy atom. The molecule has 0 unspecified atom stereocenters. The lowest BCUT2D eigenvalue weighted by atomic mass is 10.0. The van der Waals surface area contributed by atoms with E-state index in [4.69, 9.17) is 0 Å². The normalized spacial score (nSPS) is 17.3. The van der Waals surface area contributed by atoms with Crippen molar-refractivity contribution in [1.29, 1.82) is 0 Å². The van der Waals surface area contributed by atoms with Crippen molar-refractivity contribution in [3.8, 4) is 0 Å². The fourth-order valence-corrected chi connectivity index (χ4v) is 8.21. The Labute approximate surface area is 368 Å². The van der Waals surface area contributed by atoms with E-state index in [-0.39, 0.29) is 23.2 Å². The second kappa shape index (κ2) is 20.9. The number of aromatic nitrogens is 8. The molecule has 4 heterocycles. The average molecular weight is 833 g/mol. The molecular formula is C50H64N12. The molecule has 0 spiro atoms. The zero-order chi connectivity index (χ0) is 43.4. The SMILES string of the molecule is CC(C)(C)n1nnnc1[C@@H](c1ccccc1)N1CCN(C/C=C/c2ccccc2)CC1.CC(C)(C)n1nnnc1[C@H](c1ccccc1)N1CCN(C/C=C/c2ccccc2)CC1. The molecule has 6 aromatic rings. The van der Waals surface area contributed by atoms with Crippen molar-refractivity contribution in [3.63, 3.8) is 0 Å². The summed E-state index contributed by atoms with van der Waals surface area (Å²) >= 11 is 0. The van der Waals surface area contributed by atoms with E-state index in [0.29, 0.717) is 0 Å². The number of tetrazole rings is 2. The van der Waals surface area contributed by atoms with Crippen LogP contribution >= 0.6 is 0 Å². The summed E-state index contributed by atoms with van der Waals surface area (Å²) in [5.41, 5.74) is 4.63. The topological polar surface area (TPSA) is 100 Å². The monoisotopic (exact) mass is 833 g/mol. The first kappa shape index (κ1) is 44.4. The average Bonchev–Trinajstić information content (AvgIpc) is 3.99. The Kier molecular flexibility index (Phi) is 15.0. The summed E-state index contributed by atoms with van der Waals surface area (Å²) < 4.78 is 3.94. The summed E-state index contributed by atoms with van der Waals surface area (Å²) in [5.74, 6) is 1.83. The van der Waals surface area contributed by atoms with E-state index in [1.165, 1.54) is 22.3 Å². The largest absolute Gasteiger partial charge is 0.297 e. The van der Waals surface area contributed by atoms with Gasteiger partial charge in [-0.2, -0.15) is 0 Å². The Morgan fingerprint density at radius 2 is 0.774 bits per heavy atom. The van der Waals surface area contributed by atoms with Gasteiger partial charge in [-0.25, -0.2) is 9.36 Å².